The van der Waals surface area contributed by atoms with Gasteiger partial charge in [0.2, 0.25) is 5.78 Å². The van der Waals surface area contributed by atoms with Gasteiger partial charge in [0.05, 0.1) is 6.04 Å². The number of methoxy groups -OCH3 is 1. The smallest absolute Gasteiger partial charge is 0.213 e. The minimum Gasteiger partial charge on any atom is -0.385 e. The highest BCUT2D eigenvalue weighted by Gasteiger charge is 2.24. The van der Waals surface area contributed by atoms with Gasteiger partial charge < -0.3 is 10.1 Å². The molecule has 1 heterocycles. The quantitative estimate of drug-likeness (QED) is 0.351. The third-order valence-electron chi connectivity index (χ3n) is 2.54. The van der Waals surface area contributed by atoms with Crippen molar-refractivity contribution in [2.24, 2.45) is 0 Å². The Morgan fingerprint density at radius 1 is 1.67 bits per heavy atom. The molecule has 0 aromatic heterocycles. The van der Waals surface area contributed by atoms with E-state index in [2.05, 4.69) is 10.2 Å². The van der Waals surface area contributed by atoms with Crippen LogP contribution in [0, 0.1) is 0 Å². The summed E-state index contributed by atoms with van der Waals surface area (Å²) in [6, 6.07) is -0.321. The fourth-order valence-corrected chi connectivity index (χ4v) is 1.72. The molecule has 0 amide bonds. The zero-order valence-corrected chi connectivity index (χ0v) is 9.07. The third-order valence-corrected chi connectivity index (χ3v) is 2.54. The van der Waals surface area contributed by atoms with Gasteiger partial charge in [-0.25, -0.2) is 0 Å². The standard InChI is InChI=1S/C10H18N2O3/c1-15-6-2-4-12-5-3-11-9(7-12)10(14)8-13/h8-9,11H,2-7H2,1H3. The van der Waals surface area contributed by atoms with Crippen LogP contribution in [0.5, 0.6) is 0 Å². The van der Waals surface area contributed by atoms with E-state index < -0.39 is 0 Å². The second-order valence-electron chi connectivity index (χ2n) is 3.67. The molecule has 0 spiro atoms. The highest BCUT2D eigenvalue weighted by atomic mass is 16.5. The van der Waals surface area contributed by atoms with E-state index in [0.29, 0.717) is 12.8 Å². The van der Waals surface area contributed by atoms with Crippen molar-refractivity contribution >= 4 is 12.1 Å². The average Bonchev–Trinajstić information content (AvgIpc) is 2.29. The van der Waals surface area contributed by atoms with E-state index in [1.807, 2.05) is 0 Å². The number of hydrogen-bond acceptors (Lipinski definition) is 5. The first kappa shape index (κ1) is 12.3. The summed E-state index contributed by atoms with van der Waals surface area (Å²) < 4.78 is 4.96. The largest absolute Gasteiger partial charge is 0.385 e. The summed E-state index contributed by atoms with van der Waals surface area (Å²) in [5, 5.41) is 3.04. The molecule has 1 saturated heterocycles. The van der Waals surface area contributed by atoms with E-state index >= 15 is 0 Å². The molecule has 1 N–H and O–H groups in total. The van der Waals surface area contributed by atoms with Crippen molar-refractivity contribution in [3.05, 3.63) is 0 Å². The number of nitrogens with zero attached hydrogens (tertiary/aromatic N) is 1. The van der Waals surface area contributed by atoms with Crippen LogP contribution >= 0.6 is 0 Å². The van der Waals surface area contributed by atoms with Crippen LogP contribution in [-0.4, -0.2) is 62.9 Å². The molecule has 1 fully saturated rings. The first-order valence-electron chi connectivity index (χ1n) is 5.21. The van der Waals surface area contributed by atoms with Crippen molar-refractivity contribution in [2.75, 3.05) is 39.9 Å². The van der Waals surface area contributed by atoms with E-state index in [4.69, 9.17) is 4.74 Å². The van der Waals surface area contributed by atoms with Crippen LogP contribution in [0.4, 0.5) is 0 Å². The average molecular weight is 214 g/mol. The van der Waals surface area contributed by atoms with E-state index in [-0.39, 0.29) is 11.8 Å². The summed E-state index contributed by atoms with van der Waals surface area (Å²) in [6.45, 7) is 3.96. The monoisotopic (exact) mass is 214 g/mol. The SMILES string of the molecule is COCCCN1CCNC(C(=O)C=O)C1. The predicted octanol–water partition coefficient (Wildman–Crippen LogP) is -0.935. The van der Waals surface area contributed by atoms with Crippen molar-refractivity contribution in [1.29, 1.82) is 0 Å². The minimum absolute atomic E-state index is 0.321. The first-order valence-corrected chi connectivity index (χ1v) is 5.21. The number of aldehydes is 1. The topological polar surface area (TPSA) is 58.6 Å². The Morgan fingerprint density at radius 2 is 2.47 bits per heavy atom. The number of nitrogens with one attached hydrogen (secondary N) is 1. The molecule has 0 aromatic carbocycles. The van der Waals surface area contributed by atoms with Crippen molar-refractivity contribution < 1.29 is 14.3 Å². The number of ether oxygens (including phenoxy) is 1. The molecule has 0 aromatic rings. The van der Waals surface area contributed by atoms with E-state index in [0.717, 1.165) is 32.7 Å². The van der Waals surface area contributed by atoms with Crippen LogP contribution < -0.4 is 5.32 Å². The maximum Gasteiger partial charge on any atom is 0.213 e. The summed E-state index contributed by atoms with van der Waals surface area (Å²) >= 11 is 0. The Morgan fingerprint density at radius 3 is 3.13 bits per heavy atom. The number of carbonyl (C=O) groups excluding carboxylic acids is 2. The van der Waals surface area contributed by atoms with Gasteiger partial charge in [0.1, 0.15) is 0 Å². The molecule has 15 heavy (non-hydrogen) atoms. The van der Waals surface area contributed by atoms with E-state index in [9.17, 15) is 9.59 Å². The molecule has 0 radical (unpaired) electrons. The Hall–Kier alpha value is -0.780. The van der Waals surface area contributed by atoms with Crippen LogP contribution in [-0.2, 0) is 14.3 Å². The molecule has 1 aliphatic rings. The highest BCUT2D eigenvalue weighted by molar-refractivity contribution is 6.27. The Labute approximate surface area is 89.8 Å². The van der Waals surface area contributed by atoms with Gasteiger partial charge in [-0.2, -0.15) is 0 Å². The van der Waals surface area contributed by atoms with Gasteiger partial charge in [-0.15, -0.1) is 0 Å². The summed E-state index contributed by atoms with van der Waals surface area (Å²) in [6.07, 6.45) is 1.36. The molecule has 1 aliphatic heterocycles. The maximum absolute atomic E-state index is 11.2. The third kappa shape index (κ3) is 4.07. The number of carbonyl (C=O) groups is 2. The number of piperazine rings is 1. The maximum atomic E-state index is 11.2. The van der Waals surface area contributed by atoms with Crippen molar-refractivity contribution in [3.8, 4) is 0 Å². The van der Waals surface area contributed by atoms with Gasteiger partial charge in [-0.1, -0.05) is 0 Å². The molecule has 0 bridgehead atoms. The molecule has 1 atom stereocenters. The fraction of sp³-hybridized carbons (Fsp3) is 0.800. The molecule has 0 aliphatic carbocycles. The van der Waals surface area contributed by atoms with E-state index in [1.165, 1.54) is 0 Å². The number of rotatable bonds is 6. The molecular weight excluding hydrogens is 196 g/mol. The molecule has 0 saturated carbocycles. The summed E-state index contributed by atoms with van der Waals surface area (Å²) in [7, 11) is 1.68. The summed E-state index contributed by atoms with van der Waals surface area (Å²) in [5.41, 5.74) is 0. The lowest BCUT2D eigenvalue weighted by Crippen LogP contribution is -2.54. The summed E-state index contributed by atoms with van der Waals surface area (Å²) in [4.78, 5) is 23.7. The van der Waals surface area contributed by atoms with Crippen LogP contribution in [0.15, 0.2) is 0 Å². The highest BCUT2D eigenvalue weighted by Crippen LogP contribution is 2.00. The molecule has 5 nitrogen and oxygen atoms in total. The lowest BCUT2D eigenvalue weighted by molar-refractivity contribution is -0.132. The Bertz CT molecular complexity index is 221. The van der Waals surface area contributed by atoms with Crippen molar-refractivity contribution in [2.45, 2.75) is 12.5 Å². The van der Waals surface area contributed by atoms with Crippen molar-refractivity contribution in [3.63, 3.8) is 0 Å². The van der Waals surface area contributed by atoms with Gasteiger partial charge in [0.25, 0.3) is 0 Å². The molecular formula is C10H18N2O3. The van der Waals surface area contributed by atoms with Crippen molar-refractivity contribution in [1.82, 2.24) is 10.2 Å². The zero-order valence-electron chi connectivity index (χ0n) is 9.07. The van der Waals surface area contributed by atoms with Gasteiger partial charge in [0.15, 0.2) is 6.29 Å². The lowest BCUT2D eigenvalue weighted by Gasteiger charge is -2.31. The molecule has 86 valence electrons. The molecule has 1 rings (SSSR count). The number of Topliss-reactive ketones (excluding diaryl/α,β-unsaturated/α-hetero) is 1. The Balaban J connectivity index is 2.28. The van der Waals surface area contributed by atoms with Gasteiger partial charge in [-0.3, -0.25) is 14.5 Å². The van der Waals surface area contributed by atoms with Gasteiger partial charge >= 0.3 is 0 Å². The summed E-state index contributed by atoms with van der Waals surface area (Å²) in [5.74, 6) is -0.355. The van der Waals surface area contributed by atoms with Crippen LogP contribution in [0.1, 0.15) is 6.42 Å². The molecule has 1 unspecified atom stereocenters. The second-order valence-corrected chi connectivity index (χ2v) is 3.67. The first-order chi connectivity index (χ1) is 7.27. The number of hydrogen-bond donors (Lipinski definition) is 1. The fourth-order valence-electron chi connectivity index (χ4n) is 1.72. The minimum atomic E-state index is -0.355. The zero-order chi connectivity index (χ0) is 11.1. The predicted molar refractivity (Wildman–Crippen MR) is 55.8 cm³/mol. The van der Waals surface area contributed by atoms with Crippen LogP contribution in [0.3, 0.4) is 0 Å². The van der Waals surface area contributed by atoms with Gasteiger partial charge in [0, 0.05) is 39.9 Å². The van der Waals surface area contributed by atoms with Crippen LogP contribution in [0.25, 0.3) is 0 Å². The second kappa shape index (κ2) is 6.66. The van der Waals surface area contributed by atoms with Gasteiger partial charge in [-0.05, 0) is 6.42 Å². The van der Waals surface area contributed by atoms with Crippen LogP contribution in [0.2, 0.25) is 0 Å². The van der Waals surface area contributed by atoms with E-state index in [1.54, 1.807) is 7.11 Å². The Kier molecular flexibility index (Phi) is 5.45. The molecule has 5 heteroatoms. The normalized spacial score (nSPS) is 22.6. The number of ketones is 1. The lowest BCUT2D eigenvalue weighted by atomic mass is 10.1.